The van der Waals surface area contributed by atoms with Gasteiger partial charge in [-0.2, -0.15) is 13.2 Å². The Hall–Kier alpha value is -2.05. The number of aromatic nitrogens is 3. The Morgan fingerprint density at radius 3 is 2.36 bits per heavy atom. The molecule has 0 spiro atoms. The number of aromatic amines is 1. The van der Waals surface area contributed by atoms with E-state index in [-0.39, 0.29) is 18.3 Å². The van der Waals surface area contributed by atoms with Crippen molar-refractivity contribution < 1.29 is 17.9 Å². The summed E-state index contributed by atoms with van der Waals surface area (Å²) in [6.07, 6.45) is -3.95. The van der Waals surface area contributed by atoms with Gasteiger partial charge in [0.15, 0.2) is 0 Å². The van der Waals surface area contributed by atoms with Gasteiger partial charge in [-0.25, -0.2) is 4.98 Å². The first-order valence-electron chi connectivity index (χ1n) is 7.01. The lowest BCUT2D eigenvalue weighted by Crippen LogP contribution is -2.13. The first-order valence-corrected chi connectivity index (χ1v) is 7.01. The number of nitrogens with one attached hydrogen (secondary N) is 1. The molecule has 1 atom stereocenters. The Bertz CT molecular complexity index is 617. The number of aryl methyl sites for hydroxylation is 2. The van der Waals surface area contributed by atoms with Crippen LogP contribution >= 0.6 is 0 Å². The topological polar surface area (TPSA) is 50.8 Å². The summed E-state index contributed by atoms with van der Waals surface area (Å²) in [6, 6.07) is 5.79. The second-order valence-electron chi connectivity index (χ2n) is 5.18. The molecule has 1 aromatic carbocycles. The molecular weight excluding hydrogens is 295 g/mol. The zero-order chi connectivity index (χ0) is 16.3. The number of ether oxygens (including phenoxy) is 1. The van der Waals surface area contributed by atoms with E-state index in [4.69, 9.17) is 4.74 Å². The van der Waals surface area contributed by atoms with Gasteiger partial charge in [0.25, 0.3) is 5.82 Å². The summed E-state index contributed by atoms with van der Waals surface area (Å²) < 4.78 is 43.4. The van der Waals surface area contributed by atoms with Gasteiger partial charge in [0.2, 0.25) is 0 Å². The quantitative estimate of drug-likeness (QED) is 0.907. The average molecular weight is 313 g/mol. The van der Waals surface area contributed by atoms with E-state index in [1.165, 1.54) is 0 Å². The molecule has 0 aliphatic carbocycles. The predicted molar refractivity (Wildman–Crippen MR) is 75.8 cm³/mol. The average Bonchev–Trinajstić information content (AvgIpc) is 2.92. The van der Waals surface area contributed by atoms with Gasteiger partial charge in [0.05, 0.1) is 12.5 Å². The van der Waals surface area contributed by atoms with Crippen LogP contribution in [0.15, 0.2) is 18.2 Å². The van der Waals surface area contributed by atoms with Crippen molar-refractivity contribution in [3.05, 3.63) is 41.0 Å². The van der Waals surface area contributed by atoms with Gasteiger partial charge in [0, 0.05) is 0 Å². The van der Waals surface area contributed by atoms with E-state index in [0.29, 0.717) is 6.42 Å². The third-order valence-electron chi connectivity index (χ3n) is 3.47. The first-order chi connectivity index (χ1) is 10.3. The van der Waals surface area contributed by atoms with Crippen molar-refractivity contribution in [2.75, 3.05) is 6.61 Å². The van der Waals surface area contributed by atoms with Crippen molar-refractivity contribution in [1.29, 1.82) is 0 Å². The molecule has 2 rings (SSSR count). The summed E-state index contributed by atoms with van der Waals surface area (Å²) in [6.45, 7) is 5.97. The van der Waals surface area contributed by atoms with Crippen LogP contribution in [0.25, 0.3) is 0 Å². The lowest BCUT2D eigenvalue weighted by atomic mass is 10.1. The summed E-state index contributed by atoms with van der Waals surface area (Å²) >= 11 is 0. The fraction of sp³-hybridized carbons (Fsp3) is 0.467. The van der Waals surface area contributed by atoms with Crippen molar-refractivity contribution in [3.8, 4) is 5.75 Å². The standard InChI is InChI=1S/C15H18F3N3O/c1-4-11(13-19-14(21-20-13)15(16,17)18)8-22-12-9(2)6-5-7-10(12)3/h5-7,11H,4,8H2,1-3H3,(H,19,20,21). The van der Waals surface area contributed by atoms with E-state index < -0.39 is 12.0 Å². The van der Waals surface area contributed by atoms with Gasteiger partial charge in [-0.05, 0) is 31.4 Å². The fourth-order valence-corrected chi connectivity index (χ4v) is 2.18. The zero-order valence-corrected chi connectivity index (χ0v) is 12.7. The Kier molecular flexibility index (Phi) is 4.73. The molecular formula is C15H18F3N3O. The molecule has 7 heteroatoms. The molecule has 0 amide bonds. The minimum atomic E-state index is -4.54. The second-order valence-corrected chi connectivity index (χ2v) is 5.18. The molecule has 22 heavy (non-hydrogen) atoms. The number of alkyl halides is 3. The molecule has 2 aromatic rings. The molecule has 0 fully saturated rings. The van der Waals surface area contributed by atoms with Crippen molar-refractivity contribution in [2.45, 2.75) is 39.3 Å². The van der Waals surface area contributed by atoms with Gasteiger partial charge in [-0.1, -0.05) is 25.1 Å². The summed E-state index contributed by atoms with van der Waals surface area (Å²) in [5, 5.41) is 5.60. The molecule has 0 aliphatic rings. The van der Waals surface area contributed by atoms with E-state index in [1.54, 1.807) is 0 Å². The molecule has 0 saturated carbocycles. The Morgan fingerprint density at radius 2 is 1.86 bits per heavy atom. The fourth-order valence-electron chi connectivity index (χ4n) is 2.18. The maximum absolute atomic E-state index is 12.5. The van der Waals surface area contributed by atoms with Crippen LogP contribution in [0.1, 0.15) is 42.0 Å². The Balaban J connectivity index is 2.11. The number of hydrogen-bond donors (Lipinski definition) is 1. The van der Waals surface area contributed by atoms with Crippen LogP contribution in [-0.2, 0) is 6.18 Å². The van der Waals surface area contributed by atoms with Gasteiger partial charge in [0.1, 0.15) is 11.6 Å². The third kappa shape index (κ3) is 3.58. The predicted octanol–water partition coefficient (Wildman–Crippen LogP) is 4.01. The lowest BCUT2D eigenvalue weighted by Gasteiger charge is -2.16. The minimum Gasteiger partial charge on any atom is -0.492 e. The highest BCUT2D eigenvalue weighted by atomic mass is 19.4. The Morgan fingerprint density at radius 1 is 1.23 bits per heavy atom. The number of H-pyrrole nitrogens is 1. The van der Waals surface area contributed by atoms with Crippen LogP contribution < -0.4 is 4.74 Å². The van der Waals surface area contributed by atoms with Gasteiger partial charge in [-0.15, -0.1) is 5.10 Å². The number of nitrogens with zero attached hydrogens (tertiary/aromatic N) is 2. The van der Waals surface area contributed by atoms with E-state index >= 15 is 0 Å². The minimum absolute atomic E-state index is 0.195. The Labute approximate surface area is 126 Å². The van der Waals surface area contributed by atoms with Crippen LogP contribution in [-0.4, -0.2) is 21.8 Å². The molecule has 0 saturated heterocycles. The van der Waals surface area contributed by atoms with Crippen molar-refractivity contribution in [2.24, 2.45) is 0 Å². The summed E-state index contributed by atoms with van der Waals surface area (Å²) in [4.78, 5) is 3.54. The highest BCUT2D eigenvalue weighted by Crippen LogP contribution is 2.28. The van der Waals surface area contributed by atoms with Crippen LogP contribution in [0.5, 0.6) is 5.75 Å². The zero-order valence-electron chi connectivity index (χ0n) is 12.7. The molecule has 1 heterocycles. The molecule has 0 aliphatic heterocycles. The van der Waals surface area contributed by atoms with Crippen LogP contribution in [0, 0.1) is 13.8 Å². The summed E-state index contributed by atoms with van der Waals surface area (Å²) in [7, 11) is 0. The van der Waals surface area contributed by atoms with Gasteiger partial charge >= 0.3 is 6.18 Å². The number of para-hydroxylation sites is 1. The number of halogens is 3. The monoisotopic (exact) mass is 313 g/mol. The van der Waals surface area contributed by atoms with Crippen molar-refractivity contribution in [3.63, 3.8) is 0 Å². The van der Waals surface area contributed by atoms with Crippen LogP contribution in [0.2, 0.25) is 0 Å². The molecule has 1 N–H and O–H groups in total. The van der Waals surface area contributed by atoms with Crippen molar-refractivity contribution in [1.82, 2.24) is 15.2 Å². The largest absolute Gasteiger partial charge is 0.492 e. The lowest BCUT2D eigenvalue weighted by molar-refractivity contribution is -0.144. The van der Waals surface area contributed by atoms with Crippen LogP contribution in [0.3, 0.4) is 0 Å². The van der Waals surface area contributed by atoms with Gasteiger partial charge in [-0.3, -0.25) is 5.10 Å². The maximum Gasteiger partial charge on any atom is 0.453 e. The SMILES string of the molecule is CCC(COc1c(C)cccc1C)c1nc(C(F)(F)F)n[nH]1. The number of rotatable bonds is 5. The van der Waals surface area contributed by atoms with Crippen molar-refractivity contribution >= 4 is 0 Å². The highest BCUT2D eigenvalue weighted by molar-refractivity contribution is 5.39. The van der Waals surface area contributed by atoms with Gasteiger partial charge < -0.3 is 4.74 Å². The second kappa shape index (κ2) is 6.37. The highest BCUT2D eigenvalue weighted by Gasteiger charge is 2.36. The first kappa shape index (κ1) is 16.3. The van der Waals surface area contributed by atoms with E-state index in [0.717, 1.165) is 16.9 Å². The molecule has 1 aromatic heterocycles. The van der Waals surface area contributed by atoms with E-state index in [1.807, 2.05) is 39.0 Å². The normalized spacial score (nSPS) is 13.2. The summed E-state index contributed by atoms with van der Waals surface area (Å²) in [5.74, 6) is -0.465. The molecule has 0 radical (unpaired) electrons. The smallest absolute Gasteiger partial charge is 0.453 e. The van der Waals surface area contributed by atoms with Crippen LogP contribution in [0.4, 0.5) is 13.2 Å². The number of hydrogen-bond acceptors (Lipinski definition) is 3. The molecule has 0 bridgehead atoms. The van der Waals surface area contributed by atoms with E-state index in [9.17, 15) is 13.2 Å². The number of benzene rings is 1. The molecule has 4 nitrogen and oxygen atoms in total. The maximum atomic E-state index is 12.5. The molecule has 1 unspecified atom stereocenters. The summed E-state index contributed by atoms with van der Waals surface area (Å²) in [5.41, 5.74) is 1.98. The molecule has 120 valence electrons. The van der Waals surface area contributed by atoms with E-state index in [2.05, 4.69) is 15.2 Å². The third-order valence-corrected chi connectivity index (χ3v) is 3.47.